The summed E-state index contributed by atoms with van der Waals surface area (Å²) in [5, 5.41) is 14.4. The van der Waals surface area contributed by atoms with E-state index in [2.05, 4.69) is 16.2 Å². The number of halogens is 1. The SMILES string of the molecule is Cc1ccc(COc2cc(F)cc(Oc3ccc(-n4nc(C5CCCC5)c(N)c4C#N)cc3)c2)cn1. The molecule has 0 saturated heterocycles. The van der Waals surface area contributed by atoms with Crippen LogP contribution in [0.1, 0.15) is 54.2 Å². The van der Waals surface area contributed by atoms with E-state index in [0.29, 0.717) is 40.2 Å². The molecule has 0 unspecified atom stereocenters. The fraction of sp³-hybridized carbons (Fsp3) is 0.250. The van der Waals surface area contributed by atoms with Crippen molar-refractivity contribution in [2.75, 3.05) is 5.73 Å². The van der Waals surface area contributed by atoms with Gasteiger partial charge in [-0.3, -0.25) is 4.98 Å². The van der Waals surface area contributed by atoms with Crippen molar-refractivity contribution in [3.63, 3.8) is 0 Å². The van der Waals surface area contributed by atoms with Gasteiger partial charge in [0.1, 0.15) is 35.7 Å². The number of ether oxygens (including phenoxy) is 2. The molecule has 7 nitrogen and oxygen atoms in total. The second-order valence-electron chi connectivity index (χ2n) is 8.97. The van der Waals surface area contributed by atoms with E-state index in [1.807, 2.05) is 19.1 Å². The molecule has 1 saturated carbocycles. The van der Waals surface area contributed by atoms with Gasteiger partial charge in [-0.25, -0.2) is 9.07 Å². The van der Waals surface area contributed by atoms with E-state index < -0.39 is 5.82 Å². The minimum absolute atomic E-state index is 0.266. The third-order valence-electron chi connectivity index (χ3n) is 6.34. The highest BCUT2D eigenvalue weighted by molar-refractivity contribution is 5.58. The van der Waals surface area contributed by atoms with Crippen molar-refractivity contribution in [2.45, 2.75) is 45.1 Å². The Kier molecular flexibility index (Phi) is 6.54. The Morgan fingerprint density at radius 3 is 2.50 bits per heavy atom. The number of nitrogens with two attached hydrogens (primary N) is 1. The highest BCUT2D eigenvalue weighted by atomic mass is 19.1. The molecular weight excluding hydrogens is 457 g/mol. The molecule has 0 spiro atoms. The molecule has 0 radical (unpaired) electrons. The fourth-order valence-electron chi connectivity index (χ4n) is 4.46. The monoisotopic (exact) mass is 483 g/mol. The number of benzene rings is 2. The quantitative estimate of drug-likeness (QED) is 0.336. The number of nitriles is 1. The largest absolute Gasteiger partial charge is 0.489 e. The summed E-state index contributed by atoms with van der Waals surface area (Å²) in [6, 6.07) is 17.3. The lowest BCUT2D eigenvalue weighted by atomic mass is 10.0. The molecule has 0 atom stereocenters. The van der Waals surface area contributed by atoms with E-state index >= 15 is 0 Å². The van der Waals surface area contributed by atoms with Gasteiger partial charge in [-0.15, -0.1) is 0 Å². The number of anilines is 1. The third-order valence-corrected chi connectivity index (χ3v) is 6.34. The van der Waals surface area contributed by atoms with Gasteiger partial charge < -0.3 is 15.2 Å². The number of rotatable bonds is 7. The molecule has 8 heteroatoms. The summed E-state index contributed by atoms with van der Waals surface area (Å²) in [6.07, 6.45) is 6.12. The minimum atomic E-state index is -0.466. The Hall–Kier alpha value is -4.38. The molecule has 0 bridgehead atoms. The van der Waals surface area contributed by atoms with Gasteiger partial charge in [0.25, 0.3) is 0 Å². The summed E-state index contributed by atoms with van der Waals surface area (Å²) in [5.41, 5.74) is 10.4. The zero-order valence-electron chi connectivity index (χ0n) is 19.9. The molecule has 0 amide bonds. The van der Waals surface area contributed by atoms with Crippen molar-refractivity contribution in [1.82, 2.24) is 14.8 Å². The summed E-state index contributed by atoms with van der Waals surface area (Å²) in [5.74, 6) is 1.00. The van der Waals surface area contributed by atoms with E-state index in [4.69, 9.17) is 15.2 Å². The predicted molar refractivity (Wildman–Crippen MR) is 134 cm³/mol. The highest BCUT2D eigenvalue weighted by Gasteiger charge is 2.26. The Balaban J connectivity index is 1.31. The predicted octanol–water partition coefficient (Wildman–Crippen LogP) is 6.20. The van der Waals surface area contributed by atoms with E-state index in [-0.39, 0.29) is 6.61 Å². The molecule has 1 aliphatic carbocycles. The molecule has 2 N–H and O–H groups in total. The van der Waals surface area contributed by atoms with Crippen LogP contribution in [-0.2, 0) is 6.61 Å². The van der Waals surface area contributed by atoms with E-state index in [1.54, 1.807) is 41.2 Å². The molecule has 182 valence electrons. The van der Waals surface area contributed by atoms with Gasteiger partial charge in [-0.1, -0.05) is 18.9 Å². The van der Waals surface area contributed by atoms with Crippen LogP contribution in [-0.4, -0.2) is 14.8 Å². The van der Waals surface area contributed by atoms with Gasteiger partial charge in [0, 0.05) is 41.6 Å². The van der Waals surface area contributed by atoms with Crippen molar-refractivity contribution in [2.24, 2.45) is 0 Å². The normalized spacial score (nSPS) is 13.5. The van der Waals surface area contributed by atoms with Gasteiger partial charge >= 0.3 is 0 Å². The van der Waals surface area contributed by atoms with Gasteiger partial charge in [0.15, 0.2) is 5.69 Å². The molecule has 4 aromatic rings. The van der Waals surface area contributed by atoms with Crippen molar-refractivity contribution >= 4 is 5.69 Å². The van der Waals surface area contributed by atoms with Crippen LogP contribution in [0, 0.1) is 24.1 Å². The molecule has 2 aromatic heterocycles. The maximum absolute atomic E-state index is 14.2. The fourth-order valence-corrected chi connectivity index (χ4v) is 4.46. The average Bonchev–Trinajstić information content (AvgIpc) is 3.51. The Morgan fingerprint density at radius 2 is 1.81 bits per heavy atom. The van der Waals surface area contributed by atoms with Crippen LogP contribution in [0.3, 0.4) is 0 Å². The van der Waals surface area contributed by atoms with E-state index in [1.165, 1.54) is 12.1 Å². The highest BCUT2D eigenvalue weighted by Crippen LogP contribution is 2.38. The molecule has 2 heterocycles. The number of hydrogen-bond acceptors (Lipinski definition) is 6. The summed E-state index contributed by atoms with van der Waals surface area (Å²) >= 11 is 0. The van der Waals surface area contributed by atoms with Crippen LogP contribution in [0.2, 0.25) is 0 Å². The lowest BCUT2D eigenvalue weighted by molar-refractivity contribution is 0.302. The van der Waals surface area contributed by atoms with Crippen LogP contribution in [0.15, 0.2) is 60.8 Å². The van der Waals surface area contributed by atoms with Crippen molar-refractivity contribution < 1.29 is 13.9 Å². The van der Waals surface area contributed by atoms with Gasteiger partial charge in [-0.05, 0) is 50.1 Å². The van der Waals surface area contributed by atoms with Crippen molar-refractivity contribution in [3.8, 4) is 29.0 Å². The summed E-state index contributed by atoms with van der Waals surface area (Å²) in [6.45, 7) is 2.18. The number of nitrogens with zero attached hydrogens (tertiary/aromatic N) is 4. The van der Waals surface area contributed by atoms with E-state index in [9.17, 15) is 9.65 Å². The van der Waals surface area contributed by atoms with Crippen LogP contribution in [0.5, 0.6) is 17.2 Å². The maximum Gasteiger partial charge on any atom is 0.167 e. The molecular formula is C28H26FN5O2. The Labute approximate surface area is 208 Å². The molecule has 0 aliphatic heterocycles. The number of aryl methyl sites for hydroxylation is 1. The first-order valence-corrected chi connectivity index (χ1v) is 11.9. The van der Waals surface area contributed by atoms with E-state index in [0.717, 1.165) is 42.6 Å². The van der Waals surface area contributed by atoms with Crippen LogP contribution in [0.25, 0.3) is 5.69 Å². The van der Waals surface area contributed by atoms with Gasteiger partial charge in [0.05, 0.1) is 17.1 Å². The first kappa shape index (κ1) is 23.4. The first-order chi connectivity index (χ1) is 17.5. The molecule has 1 fully saturated rings. The lowest BCUT2D eigenvalue weighted by Crippen LogP contribution is -2.01. The standard InChI is InChI=1S/C28H26FN5O2/c1-18-6-7-19(16-32-18)17-35-24-12-21(29)13-25(14-24)36-23-10-8-22(9-11-23)34-26(15-30)27(31)28(33-34)20-4-2-3-5-20/h6-14,16,20H,2-5,17,31H2,1H3. The topological polar surface area (TPSA) is 99.0 Å². The molecule has 1 aliphatic rings. The first-order valence-electron chi connectivity index (χ1n) is 11.9. The second-order valence-corrected chi connectivity index (χ2v) is 8.97. The smallest absolute Gasteiger partial charge is 0.167 e. The average molecular weight is 484 g/mol. The number of aromatic nitrogens is 3. The molecule has 5 rings (SSSR count). The number of nitrogen functional groups attached to an aromatic ring is 1. The maximum atomic E-state index is 14.2. The summed E-state index contributed by atoms with van der Waals surface area (Å²) in [4.78, 5) is 4.24. The zero-order valence-corrected chi connectivity index (χ0v) is 19.9. The molecule has 2 aromatic carbocycles. The number of hydrogen-bond donors (Lipinski definition) is 1. The molecule has 36 heavy (non-hydrogen) atoms. The lowest BCUT2D eigenvalue weighted by Gasteiger charge is -2.11. The van der Waals surface area contributed by atoms with Crippen molar-refractivity contribution in [1.29, 1.82) is 5.26 Å². The van der Waals surface area contributed by atoms with Gasteiger partial charge in [0.2, 0.25) is 0 Å². The Bertz CT molecular complexity index is 1400. The summed E-state index contributed by atoms with van der Waals surface area (Å²) in [7, 11) is 0. The second kappa shape index (κ2) is 10.1. The van der Waals surface area contributed by atoms with Crippen LogP contribution in [0.4, 0.5) is 10.1 Å². The van der Waals surface area contributed by atoms with Gasteiger partial charge in [-0.2, -0.15) is 10.4 Å². The zero-order chi connectivity index (χ0) is 25.1. The number of pyridine rings is 1. The van der Waals surface area contributed by atoms with Crippen molar-refractivity contribution in [3.05, 3.63) is 89.3 Å². The van der Waals surface area contributed by atoms with Crippen LogP contribution < -0.4 is 15.2 Å². The summed E-state index contributed by atoms with van der Waals surface area (Å²) < 4.78 is 27.4. The Morgan fingerprint density at radius 1 is 1.06 bits per heavy atom. The third kappa shape index (κ3) is 5.01. The van der Waals surface area contributed by atoms with Crippen LogP contribution >= 0.6 is 0 Å². The minimum Gasteiger partial charge on any atom is -0.489 e.